The van der Waals surface area contributed by atoms with Crippen molar-refractivity contribution >= 4 is 17.4 Å². The Bertz CT molecular complexity index is 840. The maximum atomic E-state index is 12.3. The van der Waals surface area contributed by atoms with Crippen LogP contribution in [0.1, 0.15) is 5.56 Å². The van der Waals surface area contributed by atoms with Gasteiger partial charge in [0.15, 0.2) is 0 Å². The van der Waals surface area contributed by atoms with Crippen molar-refractivity contribution in [3.05, 3.63) is 53.9 Å². The van der Waals surface area contributed by atoms with Crippen molar-refractivity contribution in [2.45, 2.75) is 6.92 Å². The van der Waals surface area contributed by atoms with E-state index in [1.807, 2.05) is 19.1 Å². The van der Waals surface area contributed by atoms with Crippen LogP contribution >= 0.6 is 0 Å². The molecular formula is C18H18N4O3. The SMILES string of the molecule is COc1ccc(OC)c(NC(=O)/C(C#N)=C\Nc2cc(C)ccn2)c1. The normalized spacial score (nSPS) is 10.6. The summed E-state index contributed by atoms with van der Waals surface area (Å²) in [6.07, 6.45) is 2.95. The molecule has 1 aromatic carbocycles. The first-order valence-corrected chi connectivity index (χ1v) is 7.40. The molecule has 1 heterocycles. The van der Waals surface area contributed by atoms with Crippen LogP contribution in [-0.2, 0) is 4.79 Å². The van der Waals surface area contributed by atoms with Gasteiger partial charge in [0.05, 0.1) is 19.9 Å². The number of amides is 1. The zero-order valence-electron chi connectivity index (χ0n) is 14.2. The minimum absolute atomic E-state index is 0.104. The van der Waals surface area contributed by atoms with Crippen LogP contribution in [-0.4, -0.2) is 25.1 Å². The summed E-state index contributed by atoms with van der Waals surface area (Å²) in [5.74, 6) is 0.981. The first-order valence-electron chi connectivity index (χ1n) is 7.40. The Balaban J connectivity index is 2.17. The number of aryl methyl sites for hydroxylation is 1. The molecule has 0 aliphatic heterocycles. The molecule has 2 N–H and O–H groups in total. The van der Waals surface area contributed by atoms with Gasteiger partial charge in [-0.15, -0.1) is 0 Å². The summed E-state index contributed by atoms with van der Waals surface area (Å²) in [6.45, 7) is 1.92. The Kier molecular flexibility index (Phi) is 5.96. The number of rotatable bonds is 6. The molecule has 0 bridgehead atoms. The highest BCUT2D eigenvalue weighted by molar-refractivity contribution is 6.07. The third-order valence-electron chi connectivity index (χ3n) is 3.30. The van der Waals surface area contributed by atoms with E-state index in [9.17, 15) is 10.1 Å². The Morgan fingerprint density at radius 2 is 2.04 bits per heavy atom. The first kappa shape index (κ1) is 17.8. The van der Waals surface area contributed by atoms with E-state index in [0.29, 0.717) is 23.0 Å². The van der Waals surface area contributed by atoms with E-state index in [4.69, 9.17) is 9.47 Å². The fourth-order valence-corrected chi connectivity index (χ4v) is 2.01. The van der Waals surface area contributed by atoms with Gasteiger partial charge in [-0.2, -0.15) is 5.26 Å². The van der Waals surface area contributed by atoms with Gasteiger partial charge in [-0.1, -0.05) is 0 Å². The lowest BCUT2D eigenvalue weighted by molar-refractivity contribution is -0.112. The number of nitriles is 1. The van der Waals surface area contributed by atoms with E-state index in [0.717, 1.165) is 5.56 Å². The second kappa shape index (κ2) is 8.36. The third kappa shape index (κ3) is 4.72. The standard InChI is InChI=1S/C18H18N4O3/c1-12-6-7-20-17(8-12)21-11-13(10-19)18(23)22-15-9-14(24-2)4-5-16(15)25-3/h4-9,11H,1-3H3,(H,20,21)(H,22,23)/b13-11-. The molecule has 0 saturated carbocycles. The number of benzene rings is 1. The van der Waals surface area contributed by atoms with Gasteiger partial charge >= 0.3 is 0 Å². The summed E-state index contributed by atoms with van der Waals surface area (Å²) >= 11 is 0. The Morgan fingerprint density at radius 1 is 1.24 bits per heavy atom. The molecule has 0 fully saturated rings. The average molecular weight is 338 g/mol. The molecule has 1 aromatic heterocycles. The molecule has 7 heteroatoms. The highest BCUT2D eigenvalue weighted by Gasteiger charge is 2.13. The fourth-order valence-electron chi connectivity index (χ4n) is 2.01. The first-order chi connectivity index (χ1) is 12.1. The number of carbonyl (C=O) groups is 1. The quantitative estimate of drug-likeness (QED) is 0.621. The average Bonchev–Trinajstić information content (AvgIpc) is 2.62. The van der Waals surface area contributed by atoms with Crippen molar-refractivity contribution < 1.29 is 14.3 Å². The van der Waals surface area contributed by atoms with Crippen LogP contribution in [0.3, 0.4) is 0 Å². The van der Waals surface area contributed by atoms with E-state index in [1.54, 1.807) is 30.5 Å². The van der Waals surface area contributed by atoms with E-state index < -0.39 is 5.91 Å². The van der Waals surface area contributed by atoms with Crippen LogP contribution in [0.4, 0.5) is 11.5 Å². The number of carbonyl (C=O) groups excluding carboxylic acids is 1. The highest BCUT2D eigenvalue weighted by atomic mass is 16.5. The Labute approximate surface area is 145 Å². The van der Waals surface area contributed by atoms with E-state index in [1.165, 1.54) is 20.4 Å². The molecule has 0 saturated heterocycles. The minimum atomic E-state index is -0.575. The Morgan fingerprint density at radius 3 is 2.68 bits per heavy atom. The van der Waals surface area contributed by atoms with Crippen molar-refractivity contribution in [3.63, 3.8) is 0 Å². The van der Waals surface area contributed by atoms with E-state index in [2.05, 4.69) is 15.6 Å². The topological polar surface area (TPSA) is 96.3 Å². The zero-order valence-corrected chi connectivity index (χ0v) is 14.2. The lowest BCUT2D eigenvalue weighted by atomic mass is 10.2. The number of hydrogen-bond donors (Lipinski definition) is 2. The van der Waals surface area contributed by atoms with Crippen molar-refractivity contribution in [2.75, 3.05) is 24.9 Å². The number of hydrogen-bond acceptors (Lipinski definition) is 6. The van der Waals surface area contributed by atoms with Gasteiger partial charge in [-0.25, -0.2) is 4.98 Å². The zero-order chi connectivity index (χ0) is 18.2. The van der Waals surface area contributed by atoms with Gasteiger partial charge in [0.1, 0.15) is 29.0 Å². The largest absolute Gasteiger partial charge is 0.497 e. The van der Waals surface area contributed by atoms with Crippen LogP contribution in [0, 0.1) is 18.3 Å². The van der Waals surface area contributed by atoms with Gasteiger partial charge in [-0.05, 0) is 36.8 Å². The van der Waals surface area contributed by atoms with Gasteiger partial charge in [0.2, 0.25) is 0 Å². The minimum Gasteiger partial charge on any atom is -0.497 e. The fraction of sp³-hybridized carbons (Fsp3) is 0.167. The molecule has 0 spiro atoms. The molecular weight excluding hydrogens is 320 g/mol. The van der Waals surface area contributed by atoms with Crippen molar-refractivity contribution in [1.29, 1.82) is 5.26 Å². The van der Waals surface area contributed by atoms with Crippen LogP contribution in [0.25, 0.3) is 0 Å². The highest BCUT2D eigenvalue weighted by Crippen LogP contribution is 2.29. The third-order valence-corrected chi connectivity index (χ3v) is 3.30. The number of nitrogens with one attached hydrogen (secondary N) is 2. The van der Waals surface area contributed by atoms with Crippen LogP contribution in [0.2, 0.25) is 0 Å². The molecule has 7 nitrogen and oxygen atoms in total. The predicted molar refractivity (Wildman–Crippen MR) is 94.5 cm³/mol. The number of anilines is 2. The second-order valence-corrected chi connectivity index (χ2v) is 5.05. The summed E-state index contributed by atoms with van der Waals surface area (Å²) in [5, 5.41) is 14.7. The maximum Gasteiger partial charge on any atom is 0.267 e. The number of pyridine rings is 1. The molecule has 1 amide bonds. The summed E-state index contributed by atoms with van der Waals surface area (Å²) in [5.41, 5.74) is 1.31. The summed E-state index contributed by atoms with van der Waals surface area (Å²) in [6, 6.07) is 10.5. The van der Waals surface area contributed by atoms with Crippen LogP contribution in [0.15, 0.2) is 48.3 Å². The summed E-state index contributed by atoms with van der Waals surface area (Å²) in [4.78, 5) is 16.4. The molecule has 2 rings (SSSR count). The maximum absolute atomic E-state index is 12.3. The molecule has 25 heavy (non-hydrogen) atoms. The van der Waals surface area contributed by atoms with Gasteiger partial charge in [0, 0.05) is 18.5 Å². The lowest BCUT2D eigenvalue weighted by Gasteiger charge is -2.11. The lowest BCUT2D eigenvalue weighted by Crippen LogP contribution is -2.15. The number of aromatic nitrogens is 1. The molecule has 2 aromatic rings. The molecule has 0 aliphatic rings. The monoisotopic (exact) mass is 338 g/mol. The molecule has 0 atom stereocenters. The number of nitrogens with zero attached hydrogens (tertiary/aromatic N) is 2. The smallest absolute Gasteiger partial charge is 0.267 e. The summed E-state index contributed by atoms with van der Waals surface area (Å²) < 4.78 is 10.3. The van der Waals surface area contributed by atoms with Gasteiger partial charge in [-0.3, -0.25) is 4.79 Å². The molecule has 128 valence electrons. The summed E-state index contributed by atoms with van der Waals surface area (Å²) in [7, 11) is 3.01. The van der Waals surface area contributed by atoms with Crippen LogP contribution < -0.4 is 20.1 Å². The van der Waals surface area contributed by atoms with E-state index in [-0.39, 0.29) is 5.57 Å². The number of methoxy groups -OCH3 is 2. The molecule has 0 aliphatic carbocycles. The van der Waals surface area contributed by atoms with E-state index >= 15 is 0 Å². The predicted octanol–water partition coefficient (Wildman–Crippen LogP) is 2.87. The number of ether oxygens (including phenoxy) is 2. The van der Waals surface area contributed by atoms with Crippen LogP contribution in [0.5, 0.6) is 11.5 Å². The van der Waals surface area contributed by atoms with Gasteiger partial charge < -0.3 is 20.1 Å². The Hall–Kier alpha value is -3.53. The van der Waals surface area contributed by atoms with Gasteiger partial charge in [0.25, 0.3) is 5.91 Å². The van der Waals surface area contributed by atoms with Crippen molar-refractivity contribution in [3.8, 4) is 17.6 Å². The van der Waals surface area contributed by atoms with Crippen molar-refractivity contribution in [1.82, 2.24) is 4.98 Å². The molecule has 0 radical (unpaired) electrons. The van der Waals surface area contributed by atoms with Crippen molar-refractivity contribution in [2.24, 2.45) is 0 Å². The second-order valence-electron chi connectivity index (χ2n) is 5.05. The molecule has 0 unspecified atom stereocenters.